The predicted octanol–water partition coefficient (Wildman–Crippen LogP) is 4.98. The molecule has 0 spiro atoms. The second kappa shape index (κ2) is 7.29. The average molecular weight is 322 g/mol. The van der Waals surface area contributed by atoms with Gasteiger partial charge in [0.05, 0.1) is 16.8 Å². The van der Waals surface area contributed by atoms with Crippen LogP contribution >= 0.6 is 23.8 Å². The minimum absolute atomic E-state index is 0.477. The Labute approximate surface area is 134 Å². The topological polar surface area (TPSA) is 34.4 Å². The first kappa shape index (κ1) is 15.6. The van der Waals surface area contributed by atoms with E-state index in [1.807, 2.05) is 44.2 Å². The fourth-order valence-corrected chi connectivity index (χ4v) is 2.25. The van der Waals surface area contributed by atoms with Crippen molar-refractivity contribution in [3.63, 3.8) is 0 Å². The molecule has 3 nitrogen and oxygen atoms in total. The number of hydrogen-bond donors (Lipinski definition) is 1. The third-order valence-electron chi connectivity index (χ3n) is 2.86. The third kappa shape index (κ3) is 4.09. The van der Waals surface area contributed by atoms with Crippen molar-refractivity contribution in [1.82, 2.24) is 0 Å². The van der Waals surface area contributed by atoms with E-state index in [2.05, 4.69) is 5.32 Å². The first-order chi connectivity index (χ1) is 10.1. The zero-order chi connectivity index (χ0) is 15.2. The van der Waals surface area contributed by atoms with Crippen LogP contribution < -0.4 is 10.1 Å². The maximum atomic E-state index is 6.11. The van der Waals surface area contributed by atoms with Gasteiger partial charge >= 0.3 is 0 Å². The van der Waals surface area contributed by atoms with Gasteiger partial charge in [0.1, 0.15) is 23.1 Å². The molecule has 2 rings (SSSR count). The van der Waals surface area contributed by atoms with Crippen molar-refractivity contribution in [3.8, 4) is 5.75 Å². The van der Waals surface area contributed by atoms with Crippen LogP contribution in [0.4, 0.5) is 5.69 Å². The molecule has 0 fully saturated rings. The molecule has 1 aromatic heterocycles. The lowest BCUT2D eigenvalue weighted by Gasteiger charge is -2.11. The second-order valence-corrected chi connectivity index (χ2v) is 5.19. The minimum atomic E-state index is 0.477. The minimum Gasteiger partial charge on any atom is -0.488 e. The van der Waals surface area contributed by atoms with Crippen molar-refractivity contribution >= 4 is 34.5 Å². The molecule has 2 aromatic rings. The van der Waals surface area contributed by atoms with Crippen molar-refractivity contribution in [1.29, 1.82) is 0 Å². The number of furan rings is 1. The Hall–Kier alpha value is -1.78. The summed E-state index contributed by atoms with van der Waals surface area (Å²) in [6.45, 7) is 4.29. The predicted molar refractivity (Wildman–Crippen MR) is 90.5 cm³/mol. The number of anilines is 1. The average Bonchev–Trinajstić information content (AvgIpc) is 2.89. The molecule has 0 radical (unpaired) electrons. The number of benzene rings is 1. The monoisotopic (exact) mass is 321 g/mol. The molecule has 0 unspecified atom stereocenters. The molecule has 0 atom stereocenters. The van der Waals surface area contributed by atoms with Crippen LogP contribution in [0.1, 0.15) is 18.2 Å². The number of allylic oxidation sites excluding steroid dienone is 1. The van der Waals surface area contributed by atoms with E-state index in [1.54, 1.807) is 12.3 Å². The van der Waals surface area contributed by atoms with Crippen LogP contribution in [0.15, 0.2) is 47.1 Å². The highest BCUT2D eigenvalue weighted by Gasteiger charge is 2.09. The van der Waals surface area contributed by atoms with Gasteiger partial charge in [0.25, 0.3) is 0 Å². The van der Waals surface area contributed by atoms with E-state index >= 15 is 0 Å². The van der Waals surface area contributed by atoms with Crippen molar-refractivity contribution < 1.29 is 9.15 Å². The summed E-state index contributed by atoms with van der Waals surface area (Å²) < 4.78 is 10.8. The van der Waals surface area contributed by atoms with E-state index in [9.17, 15) is 0 Å². The Morgan fingerprint density at radius 2 is 2.24 bits per heavy atom. The molecule has 0 aliphatic carbocycles. The maximum absolute atomic E-state index is 6.11. The van der Waals surface area contributed by atoms with E-state index in [-0.39, 0.29) is 0 Å². The lowest BCUT2D eigenvalue weighted by Crippen LogP contribution is -2.10. The number of hydrogen-bond acceptors (Lipinski definition) is 3. The van der Waals surface area contributed by atoms with Gasteiger partial charge in [0.15, 0.2) is 0 Å². The third-order valence-corrected chi connectivity index (χ3v) is 3.50. The largest absolute Gasteiger partial charge is 0.488 e. The van der Waals surface area contributed by atoms with E-state index in [4.69, 9.17) is 33.0 Å². The molecule has 21 heavy (non-hydrogen) atoms. The molecule has 0 saturated carbocycles. The Morgan fingerprint density at radius 1 is 1.43 bits per heavy atom. The molecule has 1 aromatic carbocycles. The van der Waals surface area contributed by atoms with Crippen LogP contribution in [0.2, 0.25) is 5.02 Å². The molecule has 0 aliphatic heterocycles. The van der Waals surface area contributed by atoms with Crippen LogP contribution in [0.3, 0.4) is 0 Å². The van der Waals surface area contributed by atoms with Crippen LogP contribution in [0.5, 0.6) is 5.75 Å². The molecule has 0 saturated heterocycles. The van der Waals surface area contributed by atoms with Crippen LogP contribution in [-0.2, 0) is 0 Å². The number of halogens is 1. The Morgan fingerprint density at radius 3 is 2.90 bits per heavy atom. The van der Waals surface area contributed by atoms with Gasteiger partial charge in [0.2, 0.25) is 0 Å². The number of nitrogens with one attached hydrogen (secondary N) is 1. The van der Waals surface area contributed by atoms with E-state index in [0.29, 0.717) is 22.4 Å². The van der Waals surface area contributed by atoms with E-state index < -0.39 is 0 Å². The lowest BCUT2D eigenvalue weighted by molar-refractivity contribution is 0.363. The first-order valence-corrected chi connectivity index (χ1v) is 7.29. The first-order valence-electron chi connectivity index (χ1n) is 6.50. The quantitative estimate of drug-likeness (QED) is 0.622. The summed E-state index contributed by atoms with van der Waals surface area (Å²) in [5, 5.41) is 3.72. The molecule has 110 valence electrons. The smallest absolute Gasteiger partial charge is 0.140 e. The molecule has 0 bridgehead atoms. The highest BCUT2D eigenvalue weighted by Crippen LogP contribution is 2.28. The van der Waals surface area contributed by atoms with Gasteiger partial charge in [-0.25, -0.2) is 0 Å². The van der Waals surface area contributed by atoms with Gasteiger partial charge in [-0.2, -0.15) is 0 Å². The van der Waals surface area contributed by atoms with E-state index in [0.717, 1.165) is 17.0 Å². The zero-order valence-corrected chi connectivity index (χ0v) is 13.4. The van der Waals surface area contributed by atoms with Crippen LogP contribution in [0.25, 0.3) is 0 Å². The number of rotatable bonds is 5. The van der Waals surface area contributed by atoms with Gasteiger partial charge in [0, 0.05) is 11.8 Å². The summed E-state index contributed by atoms with van der Waals surface area (Å²) >= 11 is 11.5. The molecular formula is C16H16ClNO2S. The van der Waals surface area contributed by atoms with Gasteiger partial charge in [-0.1, -0.05) is 36.0 Å². The van der Waals surface area contributed by atoms with Crippen LogP contribution in [-0.4, -0.2) is 11.6 Å². The standard InChI is InChI=1S/C16H16ClNO2S/c1-3-4-8-20-15-10-12(5-6-14(15)17)18-16(21)13-7-9-19-11(13)2/h3-7,9-10H,8H2,1-2H3,(H,18,21)/b4-3+. The molecular weight excluding hydrogens is 306 g/mol. The maximum Gasteiger partial charge on any atom is 0.140 e. The van der Waals surface area contributed by atoms with Crippen molar-refractivity contribution in [3.05, 3.63) is 59.0 Å². The number of aryl methyl sites for hydroxylation is 1. The number of ether oxygens (including phenoxy) is 1. The normalized spacial score (nSPS) is 10.8. The van der Waals surface area contributed by atoms with Crippen LogP contribution in [0, 0.1) is 6.92 Å². The van der Waals surface area contributed by atoms with Gasteiger partial charge < -0.3 is 14.5 Å². The number of thiocarbonyl (C=S) groups is 1. The zero-order valence-electron chi connectivity index (χ0n) is 11.9. The van der Waals surface area contributed by atoms with Gasteiger partial charge in [-0.3, -0.25) is 0 Å². The van der Waals surface area contributed by atoms with Crippen molar-refractivity contribution in [2.75, 3.05) is 11.9 Å². The Bertz CT molecular complexity index is 664. The summed E-state index contributed by atoms with van der Waals surface area (Å²) in [6.07, 6.45) is 5.45. The molecule has 0 aliphatic rings. The van der Waals surface area contributed by atoms with Gasteiger partial charge in [-0.15, -0.1) is 0 Å². The highest BCUT2D eigenvalue weighted by atomic mass is 35.5. The van der Waals surface area contributed by atoms with E-state index in [1.165, 1.54) is 0 Å². The molecule has 1 N–H and O–H groups in total. The molecule has 0 amide bonds. The fourth-order valence-electron chi connectivity index (χ4n) is 1.74. The van der Waals surface area contributed by atoms with Gasteiger partial charge in [-0.05, 0) is 32.0 Å². The Balaban J connectivity index is 2.12. The summed E-state index contributed by atoms with van der Waals surface area (Å²) in [5.41, 5.74) is 1.69. The lowest BCUT2D eigenvalue weighted by atomic mass is 10.2. The summed E-state index contributed by atoms with van der Waals surface area (Å²) in [4.78, 5) is 0.600. The Kier molecular flexibility index (Phi) is 5.42. The van der Waals surface area contributed by atoms with Crippen molar-refractivity contribution in [2.45, 2.75) is 13.8 Å². The SMILES string of the molecule is C/C=C/COc1cc(NC(=S)c2ccoc2C)ccc1Cl. The van der Waals surface area contributed by atoms with Crippen molar-refractivity contribution in [2.24, 2.45) is 0 Å². The summed E-state index contributed by atoms with van der Waals surface area (Å²) in [7, 11) is 0. The highest BCUT2D eigenvalue weighted by molar-refractivity contribution is 7.81. The summed E-state index contributed by atoms with van der Waals surface area (Å²) in [5.74, 6) is 1.40. The second-order valence-electron chi connectivity index (χ2n) is 4.37. The molecule has 5 heteroatoms. The summed E-state index contributed by atoms with van der Waals surface area (Å²) in [6, 6.07) is 7.30. The fraction of sp³-hybridized carbons (Fsp3) is 0.188. The molecule has 1 heterocycles.